The summed E-state index contributed by atoms with van der Waals surface area (Å²) < 4.78 is 14.2. The summed E-state index contributed by atoms with van der Waals surface area (Å²) in [6.45, 7) is 3.67. The maximum atomic E-state index is 14.2. The first kappa shape index (κ1) is 18.8. The van der Waals surface area contributed by atoms with Crippen LogP contribution in [0.3, 0.4) is 0 Å². The van der Waals surface area contributed by atoms with Crippen LogP contribution in [0.2, 0.25) is 0 Å². The highest BCUT2D eigenvalue weighted by Crippen LogP contribution is 2.28. The number of carbonyl (C=O) groups is 3. The van der Waals surface area contributed by atoms with Gasteiger partial charge in [-0.15, -0.1) is 0 Å². The molecule has 1 saturated heterocycles. The van der Waals surface area contributed by atoms with Crippen molar-refractivity contribution >= 4 is 23.4 Å². The molecule has 2 atom stereocenters. The molecule has 0 aliphatic carbocycles. The molecule has 6 heteroatoms. The first-order valence-corrected chi connectivity index (χ1v) is 8.94. The van der Waals surface area contributed by atoms with Gasteiger partial charge in [-0.3, -0.25) is 14.4 Å². The van der Waals surface area contributed by atoms with Crippen molar-refractivity contribution in [2.45, 2.75) is 38.8 Å². The van der Waals surface area contributed by atoms with E-state index in [1.165, 1.54) is 23.1 Å². The van der Waals surface area contributed by atoms with Gasteiger partial charge in [-0.1, -0.05) is 37.3 Å². The Morgan fingerprint density at radius 2 is 1.78 bits per heavy atom. The number of carbonyl (C=O) groups excluding carboxylic acids is 3. The zero-order valence-corrected chi connectivity index (χ0v) is 15.3. The third-order valence-electron chi connectivity index (χ3n) is 4.88. The lowest BCUT2D eigenvalue weighted by molar-refractivity contribution is -0.122. The Morgan fingerprint density at radius 3 is 2.41 bits per heavy atom. The summed E-state index contributed by atoms with van der Waals surface area (Å²) in [4.78, 5) is 41.1. The van der Waals surface area contributed by atoms with Crippen LogP contribution < -0.4 is 4.90 Å². The van der Waals surface area contributed by atoms with Gasteiger partial charge in [-0.25, -0.2) is 9.29 Å². The van der Waals surface area contributed by atoms with Crippen molar-refractivity contribution in [1.29, 1.82) is 0 Å². The van der Waals surface area contributed by atoms with Gasteiger partial charge in [0.2, 0.25) is 5.91 Å². The van der Waals surface area contributed by atoms with E-state index < -0.39 is 23.7 Å². The molecule has 0 aromatic heterocycles. The van der Waals surface area contributed by atoms with Crippen molar-refractivity contribution in [2.75, 3.05) is 4.90 Å². The molecule has 0 bridgehead atoms. The maximum Gasteiger partial charge on any atom is 0.257 e. The van der Waals surface area contributed by atoms with Crippen molar-refractivity contribution in [3.63, 3.8) is 0 Å². The second kappa shape index (κ2) is 7.70. The molecule has 2 unspecified atom stereocenters. The zero-order valence-electron chi connectivity index (χ0n) is 15.3. The Morgan fingerprint density at radius 1 is 1.15 bits per heavy atom. The SMILES string of the molecule is CCC(C)N(C(=O)c1ccccc1F)C1CC(=O)N(c2ccccc2)C1=O. The van der Waals surface area contributed by atoms with Gasteiger partial charge >= 0.3 is 0 Å². The molecular weight excluding hydrogens is 347 g/mol. The molecule has 27 heavy (non-hydrogen) atoms. The summed E-state index contributed by atoms with van der Waals surface area (Å²) in [6, 6.07) is 13.0. The first-order valence-electron chi connectivity index (χ1n) is 8.94. The van der Waals surface area contributed by atoms with E-state index in [9.17, 15) is 18.8 Å². The maximum absolute atomic E-state index is 14.2. The lowest BCUT2D eigenvalue weighted by Gasteiger charge is -2.33. The first-order chi connectivity index (χ1) is 13.0. The Kier molecular flexibility index (Phi) is 5.35. The van der Waals surface area contributed by atoms with Crippen molar-refractivity contribution in [2.24, 2.45) is 0 Å². The molecular formula is C21H21FN2O3. The van der Waals surface area contributed by atoms with Crippen LogP contribution in [0.4, 0.5) is 10.1 Å². The molecule has 0 saturated carbocycles. The molecule has 0 radical (unpaired) electrons. The summed E-state index contributed by atoms with van der Waals surface area (Å²) in [5.41, 5.74) is 0.369. The van der Waals surface area contributed by atoms with Gasteiger partial charge in [0.15, 0.2) is 0 Å². The second-order valence-electron chi connectivity index (χ2n) is 6.57. The van der Waals surface area contributed by atoms with Crippen LogP contribution >= 0.6 is 0 Å². The van der Waals surface area contributed by atoms with Crippen LogP contribution in [0.15, 0.2) is 54.6 Å². The van der Waals surface area contributed by atoms with E-state index in [1.54, 1.807) is 43.3 Å². The Hall–Kier alpha value is -3.02. The normalized spacial score (nSPS) is 17.9. The molecule has 5 nitrogen and oxygen atoms in total. The van der Waals surface area contributed by atoms with E-state index in [0.29, 0.717) is 12.1 Å². The monoisotopic (exact) mass is 368 g/mol. The fourth-order valence-corrected chi connectivity index (χ4v) is 3.30. The molecule has 1 aliphatic rings. The summed E-state index contributed by atoms with van der Waals surface area (Å²) in [7, 11) is 0. The van der Waals surface area contributed by atoms with Crippen LogP contribution in [0.1, 0.15) is 37.0 Å². The predicted molar refractivity (Wildman–Crippen MR) is 99.7 cm³/mol. The number of benzene rings is 2. The van der Waals surface area contributed by atoms with E-state index in [-0.39, 0.29) is 23.9 Å². The Balaban J connectivity index is 1.97. The minimum atomic E-state index is -0.945. The van der Waals surface area contributed by atoms with Gasteiger partial charge in [0, 0.05) is 6.04 Å². The number of para-hydroxylation sites is 1. The second-order valence-corrected chi connectivity index (χ2v) is 6.57. The van der Waals surface area contributed by atoms with Gasteiger partial charge < -0.3 is 4.90 Å². The smallest absolute Gasteiger partial charge is 0.257 e. The van der Waals surface area contributed by atoms with E-state index >= 15 is 0 Å². The number of imide groups is 1. The molecule has 1 heterocycles. The third-order valence-corrected chi connectivity index (χ3v) is 4.88. The minimum absolute atomic E-state index is 0.101. The number of halogens is 1. The van der Waals surface area contributed by atoms with Gasteiger partial charge in [0.1, 0.15) is 11.9 Å². The Bertz CT molecular complexity index is 869. The van der Waals surface area contributed by atoms with E-state index in [0.717, 1.165) is 4.90 Å². The van der Waals surface area contributed by atoms with Gasteiger partial charge in [0.25, 0.3) is 11.8 Å². The van der Waals surface area contributed by atoms with Crippen LogP contribution in [0, 0.1) is 5.82 Å². The minimum Gasteiger partial charge on any atom is -0.323 e. The quantitative estimate of drug-likeness (QED) is 0.760. The molecule has 1 aliphatic heterocycles. The van der Waals surface area contributed by atoms with Crippen LogP contribution in [0.25, 0.3) is 0 Å². The lowest BCUT2D eigenvalue weighted by Crippen LogP contribution is -2.50. The fourth-order valence-electron chi connectivity index (χ4n) is 3.30. The fraction of sp³-hybridized carbons (Fsp3) is 0.286. The van der Waals surface area contributed by atoms with Crippen LogP contribution in [-0.4, -0.2) is 34.7 Å². The zero-order chi connectivity index (χ0) is 19.6. The van der Waals surface area contributed by atoms with E-state index in [2.05, 4.69) is 0 Å². The molecule has 140 valence electrons. The average molecular weight is 368 g/mol. The molecule has 2 aromatic carbocycles. The standard InChI is InChI=1S/C21H21FN2O3/c1-3-14(2)23(20(26)16-11-7-8-12-17(16)22)18-13-19(25)24(21(18)27)15-9-5-4-6-10-15/h4-12,14,18H,3,13H2,1-2H3. The van der Waals surface area contributed by atoms with Gasteiger partial charge in [-0.05, 0) is 37.6 Å². The summed E-state index contributed by atoms with van der Waals surface area (Å²) in [5.74, 6) is -2.06. The van der Waals surface area contributed by atoms with E-state index in [1.807, 2.05) is 6.92 Å². The van der Waals surface area contributed by atoms with E-state index in [4.69, 9.17) is 0 Å². The summed E-state index contributed by atoms with van der Waals surface area (Å²) in [5, 5.41) is 0. The molecule has 0 spiro atoms. The Labute approximate surface area is 157 Å². The lowest BCUT2D eigenvalue weighted by atomic mass is 10.1. The highest BCUT2D eigenvalue weighted by molar-refractivity contribution is 6.23. The topological polar surface area (TPSA) is 57.7 Å². The summed E-state index contributed by atoms with van der Waals surface area (Å²) >= 11 is 0. The largest absolute Gasteiger partial charge is 0.323 e. The summed E-state index contributed by atoms with van der Waals surface area (Å²) in [6.07, 6.45) is 0.460. The highest BCUT2D eigenvalue weighted by Gasteiger charge is 2.45. The van der Waals surface area contributed by atoms with Crippen molar-refractivity contribution in [1.82, 2.24) is 4.90 Å². The number of rotatable bonds is 5. The van der Waals surface area contributed by atoms with Crippen molar-refractivity contribution in [3.05, 3.63) is 66.0 Å². The average Bonchev–Trinajstić information content (AvgIpc) is 2.96. The molecule has 3 rings (SSSR count). The number of amides is 3. The van der Waals surface area contributed by atoms with Crippen LogP contribution in [0.5, 0.6) is 0 Å². The number of anilines is 1. The highest BCUT2D eigenvalue weighted by atomic mass is 19.1. The number of nitrogens with zero attached hydrogens (tertiary/aromatic N) is 2. The van der Waals surface area contributed by atoms with Gasteiger partial charge in [0.05, 0.1) is 17.7 Å². The molecule has 3 amide bonds. The van der Waals surface area contributed by atoms with Crippen LogP contribution in [-0.2, 0) is 9.59 Å². The third kappa shape index (κ3) is 3.47. The van der Waals surface area contributed by atoms with Gasteiger partial charge in [-0.2, -0.15) is 0 Å². The van der Waals surface area contributed by atoms with Crippen molar-refractivity contribution < 1.29 is 18.8 Å². The van der Waals surface area contributed by atoms with Crippen molar-refractivity contribution in [3.8, 4) is 0 Å². The number of hydrogen-bond donors (Lipinski definition) is 0. The molecule has 0 N–H and O–H groups in total. The molecule has 2 aromatic rings. The predicted octanol–water partition coefficient (Wildman–Crippen LogP) is 3.40. The molecule has 1 fully saturated rings. The number of hydrogen-bond acceptors (Lipinski definition) is 3.